The van der Waals surface area contributed by atoms with Crippen molar-refractivity contribution < 1.29 is 23.1 Å². The molecule has 0 aliphatic heterocycles. The molecule has 0 radical (unpaired) electrons. The summed E-state index contributed by atoms with van der Waals surface area (Å²) in [5.41, 5.74) is 4.38. The molecule has 2 aromatic heterocycles. The molecule has 0 aliphatic carbocycles. The molecule has 0 saturated heterocycles. The van der Waals surface area contributed by atoms with Crippen LogP contribution in [0.15, 0.2) is 109 Å². The minimum atomic E-state index is -3.92. The zero-order valence-corrected chi connectivity index (χ0v) is 23.8. The van der Waals surface area contributed by atoms with E-state index < -0.39 is 13.3 Å². The molecule has 0 saturated carbocycles. The smallest absolute Gasteiger partial charge is 0.343 e. The van der Waals surface area contributed by atoms with E-state index in [1.807, 2.05) is 109 Å². The number of ether oxygens (including phenoxy) is 2. The number of fused-ring (bicyclic) bond motifs is 2. The fourth-order valence-electron chi connectivity index (χ4n) is 5.12. The second kappa shape index (κ2) is 11.7. The molecular weight excluding hydrogens is 535 g/mol. The molecule has 0 bridgehead atoms. The highest BCUT2D eigenvalue weighted by Crippen LogP contribution is 2.66. The highest BCUT2D eigenvalue weighted by Gasteiger charge is 2.42. The van der Waals surface area contributed by atoms with Gasteiger partial charge in [0.05, 0.1) is 27.4 Å². The van der Waals surface area contributed by atoms with Gasteiger partial charge in [0.15, 0.2) is 0 Å². The predicted molar refractivity (Wildman–Crippen MR) is 162 cm³/mol. The number of rotatable bonds is 11. The second-order valence-electron chi connectivity index (χ2n) is 9.77. The Balaban J connectivity index is 1.54. The highest BCUT2D eigenvalue weighted by molar-refractivity contribution is 7.54. The average Bonchev–Trinajstić information content (AvgIpc) is 3.64. The van der Waals surface area contributed by atoms with Crippen LogP contribution in [0.25, 0.3) is 21.8 Å². The third-order valence-electron chi connectivity index (χ3n) is 7.26. The first kappa shape index (κ1) is 26.9. The van der Waals surface area contributed by atoms with Crippen LogP contribution in [0.3, 0.4) is 0 Å². The zero-order valence-electron chi connectivity index (χ0n) is 22.9. The van der Waals surface area contributed by atoms with Crippen LogP contribution < -0.4 is 9.47 Å². The Morgan fingerprint density at radius 1 is 0.634 bits per heavy atom. The summed E-state index contributed by atoms with van der Waals surface area (Å²) in [6.45, 7) is 0.252. The van der Waals surface area contributed by atoms with Gasteiger partial charge in [0.25, 0.3) is 0 Å². The van der Waals surface area contributed by atoms with E-state index in [1.54, 1.807) is 14.2 Å². The van der Waals surface area contributed by atoms with Gasteiger partial charge in [0, 0.05) is 34.2 Å². The molecule has 0 amide bonds. The summed E-state index contributed by atoms with van der Waals surface area (Å²) in [7, 11) is -0.650. The van der Waals surface area contributed by atoms with E-state index in [1.165, 1.54) is 0 Å². The summed E-state index contributed by atoms with van der Waals surface area (Å²) in [6, 6.07) is 31.0. The van der Waals surface area contributed by atoms with E-state index in [9.17, 15) is 0 Å². The third kappa shape index (κ3) is 5.52. The van der Waals surface area contributed by atoms with Gasteiger partial charge in [0.2, 0.25) is 0 Å². The fraction of sp³-hybridized carbons (Fsp3) is 0.152. The molecule has 41 heavy (non-hydrogen) atoms. The lowest BCUT2D eigenvalue weighted by Gasteiger charge is -2.27. The first-order valence-electron chi connectivity index (χ1n) is 13.3. The number of nitrogens with one attached hydrogen (secondary N) is 2. The van der Waals surface area contributed by atoms with Gasteiger partial charge in [-0.3, -0.25) is 4.57 Å². The van der Waals surface area contributed by atoms with Gasteiger partial charge < -0.3 is 28.5 Å². The van der Waals surface area contributed by atoms with Crippen molar-refractivity contribution in [3.05, 3.63) is 132 Å². The van der Waals surface area contributed by atoms with Crippen molar-refractivity contribution in [2.75, 3.05) is 14.2 Å². The molecule has 2 N–H and O–H groups in total. The number of aromatic nitrogens is 2. The lowest BCUT2D eigenvalue weighted by atomic mass is 10.0. The van der Waals surface area contributed by atoms with Crippen molar-refractivity contribution in [2.24, 2.45) is 0 Å². The minimum absolute atomic E-state index is 0.126. The van der Waals surface area contributed by atoms with Gasteiger partial charge in [-0.1, -0.05) is 60.7 Å². The molecule has 0 atom stereocenters. The van der Waals surface area contributed by atoms with E-state index in [0.717, 1.165) is 44.1 Å². The largest absolute Gasteiger partial charge is 0.497 e. The van der Waals surface area contributed by atoms with Crippen molar-refractivity contribution in [2.45, 2.75) is 18.9 Å². The Labute approximate surface area is 238 Å². The number of hydrogen-bond acceptors (Lipinski definition) is 5. The van der Waals surface area contributed by atoms with E-state index in [0.29, 0.717) is 11.5 Å². The van der Waals surface area contributed by atoms with Gasteiger partial charge in [-0.2, -0.15) is 0 Å². The fourth-order valence-corrected chi connectivity index (χ4v) is 7.26. The van der Waals surface area contributed by atoms with Crippen LogP contribution in [-0.4, -0.2) is 24.2 Å². The first-order chi connectivity index (χ1) is 20.1. The number of hydrogen-bond donors (Lipinski definition) is 2. The summed E-state index contributed by atoms with van der Waals surface area (Å²) >= 11 is 0. The Kier molecular flexibility index (Phi) is 7.66. The Bertz CT molecular complexity index is 1680. The van der Waals surface area contributed by atoms with Gasteiger partial charge in [-0.15, -0.1) is 0 Å². The topological polar surface area (TPSA) is 85.6 Å². The molecule has 6 aromatic rings. The summed E-state index contributed by atoms with van der Waals surface area (Å²) in [5, 5.41) is 1.75. The Morgan fingerprint density at radius 3 is 1.49 bits per heavy atom. The van der Waals surface area contributed by atoms with Crippen molar-refractivity contribution in [3.8, 4) is 11.5 Å². The lowest BCUT2D eigenvalue weighted by molar-refractivity contribution is 0.186. The van der Waals surface area contributed by atoms with Crippen LogP contribution in [-0.2, 0) is 26.8 Å². The summed E-state index contributed by atoms with van der Waals surface area (Å²) < 4.78 is 39.2. The third-order valence-corrected chi connectivity index (χ3v) is 9.42. The standard InChI is InChI=1S/C33H31N2O5P/c1-37-25-13-15-31-27(17-25)29(19-34-31)33(30-20-35-32-16-14-26(38-2)18-28(30)32)41(36,39-21-23-9-5-3-6-10-23)40-22-24-11-7-4-8-12-24/h3-20,33-35H,21-22H2,1-2H3. The molecule has 4 aromatic carbocycles. The van der Waals surface area contributed by atoms with Crippen LogP contribution in [0.2, 0.25) is 0 Å². The maximum Gasteiger partial charge on any atom is 0.343 e. The average molecular weight is 567 g/mol. The van der Waals surface area contributed by atoms with Crippen molar-refractivity contribution in [1.82, 2.24) is 9.97 Å². The lowest BCUT2D eigenvalue weighted by Crippen LogP contribution is -2.09. The first-order valence-corrected chi connectivity index (χ1v) is 15.0. The highest BCUT2D eigenvalue weighted by atomic mass is 31.2. The zero-order chi connectivity index (χ0) is 28.2. The quantitative estimate of drug-likeness (QED) is 0.154. The summed E-state index contributed by atoms with van der Waals surface area (Å²) in [5.74, 6) is 1.39. The monoisotopic (exact) mass is 566 g/mol. The molecule has 0 spiro atoms. The Hall–Kier alpha value is -4.29. The molecular formula is C33H31N2O5P. The molecule has 0 fully saturated rings. The number of methoxy groups -OCH3 is 2. The van der Waals surface area contributed by atoms with Gasteiger partial charge in [-0.05, 0) is 58.7 Å². The molecule has 0 unspecified atom stereocenters. The van der Waals surface area contributed by atoms with Gasteiger partial charge >= 0.3 is 7.60 Å². The van der Waals surface area contributed by atoms with Crippen molar-refractivity contribution >= 4 is 29.4 Å². The number of H-pyrrole nitrogens is 2. The molecule has 8 heteroatoms. The van der Waals surface area contributed by atoms with Crippen molar-refractivity contribution in [1.29, 1.82) is 0 Å². The minimum Gasteiger partial charge on any atom is -0.497 e. The van der Waals surface area contributed by atoms with Crippen molar-refractivity contribution in [3.63, 3.8) is 0 Å². The number of aromatic amines is 2. The SMILES string of the molecule is COc1ccc2[nH]cc(C(c3c[nH]c4ccc(OC)cc34)P(=O)(OCc3ccccc3)OCc3ccccc3)c2c1. The molecule has 2 heterocycles. The maximum absolute atomic E-state index is 15.3. The van der Waals surface area contributed by atoms with Gasteiger partial charge in [0.1, 0.15) is 17.2 Å². The Morgan fingerprint density at radius 2 is 1.07 bits per heavy atom. The van der Waals surface area contributed by atoms with E-state index in [2.05, 4.69) is 9.97 Å². The van der Waals surface area contributed by atoms with Crippen LogP contribution >= 0.6 is 7.60 Å². The van der Waals surface area contributed by atoms with Crippen LogP contribution in [0.1, 0.15) is 27.9 Å². The normalized spacial score (nSPS) is 11.9. The summed E-state index contributed by atoms with van der Waals surface area (Å²) in [6.07, 6.45) is 3.77. The molecule has 208 valence electrons. The van der Waals surface area contributed by atoms with E-state index >= 15 is 4.57 Å². The molecule has 6 rings (SSSR count). The molecule has 7 nitrogen and oxygen atoms in total. The van der Waals surface area contributed by atoms with Crippen LogP contribution in [0, 0.1) is 0 Å². The van der Waals surface area contributed by atoms with Crippen LogP contribution in [0.5, 0.6) is 11.5 Å². The molecule has 0 aliphatic rings. The number of benzene rings is 4. The predicted octanol–water partition coefficient (Wildman–Crippen LogP) is 8.38. The van der Waals surface area contributed by atoms with Crippen LogP contribution in [0.4, 0.5) is 0 Å². The van der Waals surface area contributed by atoms with Gasteiger partial charge in [-0.25, -0.2) is 0 Å². The van der Waals surface area contributed by atoms with E-state index in [4.69, 9.17) is 18.5 Å². The summed E-state index contributed by atoms with van der Waals surface area (Å²) in [4.78, 5) is 6.70. The van der Waals surface area contributed by atoms with E-state index in [-0.39, 0.29) is 13.2 Å². The second-order valence-corrected chi connectivity index (χ2v) is 11.9. The maximum atomic E-state index is 15.3.